The van der Waals surface area contributed by atoms with Gasteiger partial charge in [0.05, 0.1) is 0 Å². The smallest absolute Gasteiger partial charge is 0.248 e. The van der Waals surface area contributed by atoms with E-state index in [1.54, 1.807) is 0 Å². The molecule has 0 bridgehead atoms. The minimum absolute atomic E-state index is 0.0415. The Morgan fingerprint density at radius 2 is 2.10 bits per heavy atom. The van der Waals surface area contributed by atoms with Gasteiger partial charge in [0.25, 0.3) is 0 Å². The number of fused-ring (bicyclic) bond motifs is 1. The van der Waals surface area contributed by atoms with Crippen LogP contribution in [0.3, 0.4) is 0 Å². The first-order valence-corrected chi connectivity index (χ1v) is 7.20. The Morgan fingerprint density at radius 3 is 2.85 bits per heavy atom. The summed E-state index contributed by atoms with van der Waals surface area (Å²) in [6, 6.07) is 8.52. The second kappa shape index (κ2) is 5.17. The Kier molecular flexibility index (Phi) is 3.50. The molecule has 4 heteroatoms. The lowest BCUT2D eigenvalue weighted by atomic mass is 9.81. The van der Waals surface area contributed by atoms with Crippen LogP contribution in [0.15, 0.2) is 30.5 Å². The Morgan fingerprint density at radius 1 is 1.35 bits per heavy atom. The molecule has 1 aliphatic carbocycles. The van der Waals surface area contributed by atoms with Crippen molar-refractivity contribution in [3.05, 3.63) is 36.0 Å². The van der Waals surface area contributed by atoms with Gasteiger partial charge in [-0.05, 0) is 37.4 Å². The monoisotopic (exact) mass is 278 g/mol. The molecule has 1 aromatic heterocycles. The van der Waals surface area contributed by atoms with Crippen LogP contribution in [0.1, 0.15) is 25.3 Å². The summed E-state index contributed by atoms with van der Waals surface area (Å²) >= 11 is 0. The molecule has 1 heterocycles. The fourth-order valence-electron chi connectivity index (χ4n) is 3.00. The third-order valence-electron chi connectivity index (χ3n) is 4.13. The molecule has 3 rings (SSSR count). The average molecular weight is 278 g/mol. The molecule has 0 amide bonds. The molecule has 1 fully saturated rings. The first-order chi connectivity index (χ1) is 9.53. The SMILES string of the molecule is CC(Cc1c[nH]c2ccccc12)NCC1CC(F)(F)C1. The first kappa shape index (κ1) is 13.6. The van der Waals surface area contributed by atoms with E-state index in [1.807, 2.05) is 18.3 Å². The second-order valence-electron chi connectivity index (χ2n) is 6.00. The highest BCUT2D eigenvalue weighted by atomic mass is 19.3. The van der Waals surface area contributed by atoms with Crippen molar-refractivity contribution in [2.75, 3.05) is 6.54 Å². The van der Waals surface area contributed by atoms with E-state index in [0.29, 0.717) is 12.6 Å². The Hall–Kier alpha value is -1.42. The number of rotatable bonds is 5. The van der Waals surface area contributed by atoms with E-state index in [1.165, 1.54) is 10.9 Å². The lowest BCUT2D eigenvalue weighted by Crippen LogP contribution is -2.43. The van der Waals surface area contributed by atoms with Crippen molar-refractivity contribution in [2.24, 2.45) is 5.92 Å². The first-order valence-electron chi connectivity index (χ1n) is 7.20. The lowest BCUT2D eigenvalue weighted by Gasteiger charge is -2.35. The van der Waals surface area contributed by atoms with Crippen LogP contribution in [-0.2, 0) is 6.42 Å². The van der Waals surface area contributed by atoms with E-state index in [4.69, 9.17) is 0 Å². The lowest BCUT2D eigenvalue weighted by molar-refractivity contribution is -0.109. The van der Waals surface area contributed by atoms with E-state index in [0.717, 1.165) is 11.9 Å². The maximum absolute atomic E-state index is 12.8. The number of alkyl halides is 2. The van der Waals surface area contributed by atoms with E-state index >= 15 is 0 Å². The van der Waals surface area contributed by atoms with Crippen molar-refractivity contribution in [3.8, 4) is 0 Å². The van der Waals surface area contributed by atoms with Gasteiger partial charge in [0.15, 0.2) is 0 Å². The highest BCUT2D eigenvalue weighted by Gasteiger charge is 2.44. The molecule has 2 nitrogen and oxygen atoms in total. The number of halogens is 2. The Balaban J connectivity index is 1.53. The normalized spacial score (nSPS) is 19.9. The van der Waals surface area contributed by atoms with Gasteiger partial charge in [-0.1, -0.05) is 18.2 Å². The standard InChI is InChI=1S/C16H20F2N2/c1-11(19-9-12-7-16(17,18)8-12)6-13-10-20-15-5-3-2-4-14(13)15/h2-5,10-12,19-20H,6-9H2,1H3. The number of H-pyrrole nitrogens is 1. The number of para-hydroxylation sites is 1. The minimum Gasteiger partial charge on any atom is -0.361 e. The predicted molar refractivity (Wildman–Crippen MR) is 77.1 cm³/mol. The van der Waals surface area contributed by atoms with Crippen LogP contribution in [0.2, 0.25) is 0 Å². The summed E-state index contributed by atoms with van der Waals surface area (Å²) in [5.74, 6) is -2.28. The molecule has 1 aromatic carbocycles. The maximum Gasteiger partial charge on any atom is 0.248 e. The summed E-state index contributed by atoms with van der Waals surface area (Å²) in [6.07, 6.45) is 3.03. The van der Waals surface area contributed by atoms with Gasteiger partial charge in [-0.2, -0.15) is 0 Å². The molecule has 1 saturated carbocycles. The number of aromatic nitrogens is 1. The quantitative estimate of drug-likeness (QED) is 0.857. The zero-order valence-electron chi connectivity index (χ0n) is 11.6. The zero-order chi connectivity index (χ0) is 14.2. The third kappa shape index (κ3) is 2.85. The number of hydrogen-bond acceptors (Lipinski definition) is 1. The molecular formula is C16H20F2N2. The number of benzene rings is 1. The molecule has 0 saturated heterocycles. The van der Waals surface area contributed by atoms with Gasteiger partial charge < -0.3 is 10.3 Å². The van der Waals surface area contributed by atoms with Crippen LogP contribution in [0.5, 0.6) is 0 Å². The van der Waals surface area contributed by atoms with Crippen molar-refractivity contribution in [1.82, 2.24) is 10.3 Å². The van der Waals surface area contributed by atoms with E-state index in [9.17, 15) is 8.78 Å². The fraction of sp³-hybridized carbons (Fsp3) is 0.500. The molecule has 1 aliphatic rings. The minimum atomic E-state index is -2.41. The van der Waals surface area contributed by atoms with Gasteiger partial charge >= 0.3 is 0 Å². The van der Waals surface area contributed by atoms with Crippen LogP contribution < -0.4 is 5.32 Å². The summed E-state index contributed by atoms with van der Waals surface area (Å²) in [5, 5.41) is 4.62. The third-order valence-corrected chi connectivity index (χ3v) is 4.13. The van der Waals surface area contributed by atoms with Gasteiger partial charge in [0, 0.05) is 36.0 Å². The fourth-order valence-corrected chi connectivity index (χ4v) is 3.00. The molecule has 1 atom stereocenters. The van der Waals surface area contributed by atoms with Crippen LogP contribution in [0.25, 0.3) is 10.9 Å². The molecule has 0 aliphatic heterocycles. The summed E-state index contributed by atoms with van der Waals surface area (Å²) < 4.78 is 25.5. The van der Waals surface area contributed by atoms with Crippen LogP contribution in [0.4, 0.5) is 8.78 Å². The largest absolute Gasteiger partial charge is 0.361 e. The number of nitrogens with one attached hydrogen (secondary N) is 2. The van der Waals surface area contributed by atoms with Crippen molar-refractivity contribution in [1.29, 1.82) is 0 Å². The summed E-state index contributed by atoms with van der Waals surface area (Å²) in [6.45, 7) is 2.80. The average Bonchev–Trinajstić information content (AvgIpc) is 2.77. The molecule has 0 radical (unpaired) electrons. The summed E-state index contributed by atoms with van der Waals surface area (Å²) in [7, 11) is 0. The highest BCUT2D eigenvalue weighted by molar-refractivity contribution is 5.83. The second-order valence-corrected chi connectivity index (χ2v) is 6.00. The summed E-state index contributed by atoms with van der Waals surface area (Å²) in [5.41, 5.74) is 2.42. The molecule has 2 aromatic rings. The summed E-state index contributed by atoms with van der Waals surface area (Å²) in [4.78, 5) is 3.26. The van der Waals surface area contributed by atoms with E-state index in [2.05, 4.69) is 29.4 Å². The molecule has 20 heavy (non-hydrogen) atoms. The predicted octanol–water partition coefficient (Wildman–Crippen LogP) is 3.73. The Labute approximate surface area is 117 Å². The highest BCUT2D eigenvalue weighted by Crippen LogP contribution is 2.41. The molecular weight excluding hydrogens is 258 g/mol. The number of hydrogen-bond donors (Lipinski definition) is 2. The van der Waals surface area contributed by atoms with E-state index < -0.39 is 5.92 Å². The van der Waals surface area contributed by atoms with Crippen molar-refractivity contribution in [3.63, 3.8) is 0 Å². The van der Waals surface area contributed by atoms with Crippen LogP contribution >= 0.6 is 0 Å². The number of aromatic amines is 1. The zero-order valence-corrected chi connectivity index (χ0v) is 11.6. The van der Waals surface area contributed by atoms with Crippen molar-refractivity contribution >= 4 is 10.9 Å². The maximum atomic E-state index is 12.8. The van der Waals surface area contributed by atoms with Gasteiger partial charge in [0.1, 0.15) is 0 Å². The molecule has 0 spiro atoms. The van der Waals surface area contributed by atoms with Crippen molar-refractivity contribution in [2.45, 2.75) is 38.2 Å². The topological polar surface area (TPSA) is 27.8 Å². The molecule has 2 N–H and O–H groups in total. The Bertz CT molecular complexity index is 583. The van der Waals surface area contributed by atoms with Crippen molar-refractivity contribution < 1.29 is 8.78 Å². The van der Waals surface area contributed by atoms with Gasteiger partial charge in [0.2, 0.25) is 5.92 Å². The van der Waals surface area contributed by atoms with Crippen LogP contribution in [0, 0.1) is 5.92 Å². The molecule has 108 valence electrons. The van der Waals surface area contributed by atoms with E-state index in [-0.39, 0.29) is 18.8 Å². The van der Waals surface area contributed by atoms with Gasteiger partial charge in [-0.3, -0.25) is 0 Å². The van der Waals surface area contributed by atoms with Gasteiger partial charge in [-0.15, -0.1) is 0 Å². The van der Waals surface area contributed by atoms with Crippen LogP contribution in [-0.4, -0.2) is 23.5 Å². The molecule has 1 unspecified atom stereocenters. The van der Waals surface area contributed by atoms with Gasteiger partial charge in [-0.25, -0.2) is 8.78 Å².